The van der Waals surface area contributed by atoms with Gasteiger partial charge in [0.25, 0.3) is 0 Å². The Kier molecular flexibility index (Phi) is 5.03. The van der Waals surface area contributed by atoms with E-state index in [1.165, 1.54) is 0 Å². The molecule has 5 nitrogen and oxygen atoms in total. The van der Waals surface area contributed by atoms with Crippen LogP contribution in [0.15, 0.2) is 34.9 Å². The summed E-state index contributed by atoms with van der Waals surface area (Å²) in [5, 5.41) is 0. The van der Waals surface area contributed by atoms with Gasteiger partial charge in [-0.15, -0.1) is 0 Å². The molecule has 0 amide bonds. The van der Waals surface area contributed by atoms with Crippen molar-refractivity contribution in [2.75, 3.05) is 21.3 Å². The first-order valence-corrected chi connectivity index (χ1v) is 7.08. The predicted molar refractivity (Wildman–Crippen MR) is 84.1 cm³/mol. The van der Waals surface area contributed by atoms with Crippen LogP contribution in [0, 0.1) is 0 Å². The number of ether oxygens (including phenoxy) is 3. The van der Waals surface area contributed by atoms with E-state index in [1.54, 1.807) is 27.5 Å². The zero-order valence-corrected chi connectivity index (χ0v) is 13.7. The molecule has 0 saturated heterocycles. The summed E-state index contributed by atoms with van der Waals surface area (Å²) in [5.41, 5.74) is 7.97. The van der Waals surface area contributed by atoms with E-state index < -0.39 is 6.04 Å². The molecule has 2 rings (SSSR count). The second-order valence-corrected chi connectivity index (χ2v) is 5.08. The molecule has 2 aromatic rings. The number of nitrogens with two attached hydrogens (primary N) is 1. The van der Waals surface area contributed by atoms with Gasteiger partial charge in [0.15, 0.2) is 0 Å². The second-order valence-electron chi connectivity index (χ2n) is 4.28. The van der Waals surface area contributed by atoms with Gasteiger partial charge < -0.3 is 19.9 Å². The highest BCUT2D eigenvalue weighted by molar-refractivity contribution is 9.10. The molecule has 0 bridgehead atoms. The van der Waals surface area contributed by atoms with Crippen molar-refractivity contribution in [1.29, 1.82) is 0 Å². The average molecular weight is 353 g/mol. The minimum Gasteiger partial charge on any atom is -0.495 e. The SMILES string of the molecule is COc1ccc(C(N)c2cccnc2OC)c(OC)c1Br. The molecule has 0 fully saturated rings. The fourth-order valence-corrected chi connectivity index (χ4v) is 2.83. The lowest BCUT2D eigenvalue weighted by molar-refractivity contribution is 0.381. The van der Waals surface area contributed by atoms with Gasteiger partial charge in [0.1, 0.15) is 16.0 Å². The van der Waals surface area contributed by atoms with E-state index in [4.69, 9.17) is 19.9 Å². The number of methoxy groups -OCH3 is 3. The first-order valence-electron chi connectivity index (χ1n) is 6.28. The van der Waals surface area contributed by atoms with Crippen LogP contribution in [0.5, 0.6) is 17.4 Å². The fraction of sp³-hybridized carbons (Fsp3) is 0.267. The van der Waals surface area contributed by atoms with Crippen LogP contribution in [-0.4, -0.2) is 26.3 Å². The molecule has 21 heavy (non-hydrogen) atoms. The Bertz CT molecular complexity index is 634. The van der Waals surface area contributed by atoms with Crippen molar-refractivity contribution in [3.8, 4) is 17.4 Å². The van der Waals surface area contributed by atoms with Gasteiger partial charge in [0.05, 0.1) is 27.4 Å². The van der Waals surface area contributed by atoms with Gasteiger partial charge in [-0.2, -0.15) is 0 Å². The summed E-state index contributed by atoms with van der Waals surface area (Å²) < 4.78 is 16.7. The summed E-state index contributed by atoms with van der Waals surface area (Å²) >= 11 is 3.48. The van der Waals surface area contributed by atoms with Gasteiger partial charge in [-0.25, -0.2) is 4.98 Å². The van der Waals surface area contributed by atoms with Crippen molar-refractivity contribution in [3.05, 3.63) is 46.1 Å². The smallest absolute Gasteiger partial charge is 0.218 e. The monoisotopic (exact) mass is 352 g/mol. The second kappa shape index (κ2) is 6.78. The molecule has 1 heterocycles. The zero-order valence-electron chi connectivity index (χ0n) is 12.1. The number of rotatable bonds is 5. The topological polar surface area (TPSA) is 66.6 Å². The fourth-order valence-electron chi connectivity index (χ4n) is 2.14. The third-order valence-electron chi connectivity index (χ3n) is 3.18. The maximum Gasteiger partial charge on any atom is 0.218 e. The molecule has 0 aliphatic carbocycles. The average Bonchev–Trinajstić information content (AvgIpc) is 2.53. The molecule has 112 valence electrons. The minimum atomic E-state index is -0.425. The van der Waals surface area contributed by atoms with Crippen LogP contribution in [0.1, 0.15) is 17.2 Å². The molecular formula is C15H17BrN2O3. The molecule has 1 aromatic heterocycles. The molecule has 6 heteroatoms. The summed E-state index contributed by atoms with van der Waals surface area (Å²) in [6, 6.07) is 6.99. The van der Waals surface area contributed by atoms with E-state index in [9.17, 15) is 0 Å². The van der Waals surface area contributed by atoms with Crippen molar-refractivity contribution in [2.45, 2.75) is 6.04 Å². The first-order chi connectivity index (χ1) is 10.1. The summed E-state index contributed by atoms with van der Waals surface area (Å²) in [7, 11) is 4.76. The van der Waals surface area contributed by atoms with E-state index >= 15 is 0 Å². The lowest BCUT2D eigenvalue weighted by Crippen LogP contribution is -2.15. The van der Waals surface area contributed by atoms with Gasteiger partial charge in [0.2, 0.25) is 5.88 Å². The van der Waals surface area contributed by atoms with Crippen molar-refractivity contribution < 1.29 is 14.2 Å². The van der Waals surface area contributed by atoms with Gasteiger partial charge >= 0.3 is 0 Å². The van der Waals surface area contributed by atoms with Crippen LogP contribution in [-0.2, 0) is 0 Å². The van der Waals surface area contributed by atoms with Crippen LogP contribution in [0.4, 0.5) is 0 Å². The molecule has 0 spiro atoms. The number of pyridine rings is 1. The van der Waals surface area contributed by atoms with Crippen LogP contribution >= 0.6 is 15.9 Å². The van der Waals surface area contributed by atoms with Crippen LogP contribution < -0.4 is 19.9 Å². The van der Waals surface area contributed by atoms with E-state index in [0.29, 0.717) is 17.4 Å². The van der Waals surface area contributed by atoms with Crippen LogP contribution in [0.3, 0.4) is 0 Å². The minimum absolute atomic E-state index is 0.425. The quantitative estimate of drug-likeness (QED) is 0.895. The summed E-state index contributed by atoms with van der Waals surface area (Å²) in [6.45, 7) is 0. The number of hydrogen-bond acceptors (Lipinski definition) is 5. The van der Waals surface area contributed by atoms with E-state index in [1.807, 2.05) is 24.3 Å². The highest BCUT2D eigenvalue weighted by Gasteiger charge is 2.21. The van der Waals surface area contributed by atoms with E-state index in [2.05, 4.69) is 20.9 Å². The third-order valence-corrected chi connectivity index (χ3v) is 3.93. The number of benzene rings is 1. The Morgan fingerprint density at radius 2 is 1.81 bits per heavy atom. The standard InChI is InChI=1S/C15H17BrN2O3/c1-19-11-7-6-9(14(20-2)12(11)16)13(17)10-5-4-8-18-15(10)21-3/h4-8,13H,17H2,1-3H3. The van der Waals surface area contributed by atoms with Crippen LogP contribution in [0.2, 0.25) is 0 Å². The summed E-state index contributed by atoms with van der Waals surface area (Å²) in [4.78, 5) is 4.18. The largest absolute Gasteiger partial charge is 0.495 e. The number of halogens is 1. The Balaban J connectivity index is 2.53. The van der Waals surface area contributed by atoms with Gasteiger partial charge in [-0.05, 0) is 34.1 Å². The van der Waals surface area contributed by atoms with Crippen molar-refractivity contribution in [3.63, 3.8) is 0 Å². The van der Waals surface area contributed by atoms with Crippen molar-refractivity contribution in [1.82, 2.24) is 4.98 Å². The molecule has 0 radical (unpaired) electrons. The highest BCUT2D eigenvalue weighted by atomic mass is 79.9. The lowest BCUT2D eigenvalue weighted by Gasteiger charge is -2.19. The van der Waals surface area contributed by atoms with Crippen molar-refractivity contribution >= 4 is 15.9 Å². The Morgan fingerprint density at radius 3 is 2.43 bits per heavy atom. The Morgan fingerprint density at radius 1 is 1.05 bits per heavy atom. The Hall–Kier alpha value is -1.79. The van der Waals surface area contributed by atoms with E-state index in [-0.39, 0.29) is 0 Å². The molecule has 0 aliphatic rings. The third kappa shape index (κ3) is 2.96. The predicted octanol–water partition coefficient (Wildman–Crippen LogP) is 2.92. The molecule has 1 unspecified atom stereocenters. The molecular weight excluding hydrogens is 336 g/mol. The summed E-state index contributed by atoms with van der Waals surface area (Å²) in [6.07, 6.45) is 1.66. The van der Waals surface area contributed by atoms with E-state index in [0.717, 1.165) is 15.6 Å². The molecule has 0 aliphatic heterocycles. The number of nitrogens with zero attached hydrogens (tertiary/aromatic N) is 1. The summed E-state index contributed by atoms with van der Waals surface area (Å²) in [5.74, 6) is 1.81. The maximum atomic E-state index is 6.37. The van der Waals surface area contributed by atoms with Crippen molar-refractivity contribution in [2.24, 2.45) is 5.73 Å². The van der Waals surface area contributed by atoms with Gasteiger partial charge in [-0.1, -0.05) is 6.07 Å². The van der Waals surface area contributed by atoms with Gasteiger partial charge in [-0.3, -0.25) is 0 Å². The number of aromatic nitrogens is 1. The molecule has 1 atom stereocenters. The highest BCUT2D eigenvalue weighted by Crippen LogP contribution is 2.41. The van der Waals surface area contributed by atoms with Crippen LogP contribution in [0.25, 0.3) is 0 Å². The first kappa shape index (κ1) is 15.6. The Labute approximate surface area is 132 Å². The molecule has 1 aromatic carbocycles. The molecule has 0 saturated carbocycles. The normalized spacial score (nSPS) is 11.9. The lowest BCUT2D eigenvalue weighted by atomic mass is 9.99. The molecule has 2 N–H and O–H groups in total. The van der Waals surface area contributed by atoms with Gasteiger partial charge in [0, 0.05) is 17.3 Å². The maximum absolute atomic E-state index is 6.37. The number of hydrogen-bond donors (Lipinski definition) is 1. The zero-order chi connectivity index (χ0) is 15.4.